The van der Waals surface area contributed by atoms with E-state index >= 15 is 0 Å². The molecule has 1 unspecified atom stereocenters. The molecule has 0 spiro atoms. The van der Waals surface area contributed by atoms with Gasteiger partial charge in [-0.05, 0) is 19.8 Å². The lowest BCUT2D eigenvalue weighted by molar-refractivity contribution is 0.00928. The molecule has 0 bridgehead atoms. The van der Waals surface area contributed by atoms with Crippen molar-refractivity contribution in [3.63, 3.8) is 0 Å². The quantitative estimate of drug-likeness (QED) is 0.663. The van der Waals surface area contributed by atoms with Crippen LogP contribution in [0, 0.1) is 0 Å². The molecule has 1 atom stereocenters. The Bertz CT molecular complexity index is 328. The first-order valence-electron chi connectivity index (χ1n) is 4.66. The van der Waals surface area contributed by atoms with Gasteiger partial charge in [0.05, 0.1) is 5.56 Å². The van der Waals surface area contributed by atoms with Crippen LogP contribution in [0.1, 0.15) is 35.9 Å². The fourth-order valence-corrected chi connectivity index (χ4v) is 1.63. The van der Waals surface area contributed by atoms with Crippen LogP contribution in [0.5, 0.6) is 0 Å². The Balaban J connectivity index is 2.27. The number of aldehydes is 1. The average molecular weight is 192 g/mol. The Morgan fingerprint density at radius 3 is 2.71 bits per heavy atom. The first kappa shape index (κ1) is 9.27. The Morgan fingerprint density at radius 2 is 2.21 bits per heavy atom. The summed E-state index contributed by atoms with van der Waals surface area (Å²) in [5, 5.41) is 0. The van der Waals surface area contributed by atoms with E-state index in [0.29, 0.717) is 11.4 Å². The fourth-order valence-electron chi connectivity index (χ4n) is 1.63. The SMILES string of the molecule is CC1(c2ncc(C=O)cn2)CCCO1. The summed E-state index contributed by atoms with van der Waals surface area (Å²) in [4.78, 5) is 18.7. The van der Waals surface area contributed by atoms with E-state index in [2.05, 4.69) is 9.97 Å². The topological polar surface area (TPSA) is 52.1 Å². The van der Waals surface area contributed by atoms with Crippen molar-refractivity contribution in [2.45, 2.75) is 25.4 Å². The molecule has 74 valence electrons. The molecule has 0 N–H and O–H groups in total. The fraction of sp³-hybridized carbons (Fsp3) is 0.500. The minimum Gasteiger partial charge on any atom is -0.367 e. The van der Waals surface area contributed by atoms with Crippen LogP contribution in [0.3, 0.4) is 0 Å². The van der Waals surface area contributed by atoms with Crippen molar-refractivity contribution in [3.8, 4) is 0 Å². The summed E-state index contributed by atoms with van der Waals surface area (Å²) in [6, 6.07) is 0. The van der Waals surface area contributed by atoms with Crippen molar-refractivity contribution < 1.29 is 9.53 Å². The molecular weight excluding hydrogens is 180 g/mol. The summed E-state index contributed by atoms with van der Waals surface area (Å²) in [6.45, 7) is 2.74. The van der Waals surface area contributed by atoms with E-state index in [-0.39, 0.29) is 5.60 Å². The van der Waals surface area contributed by atoms with Gasteiger partial charge >= 0.3 is 0 Å². The monoisotopic (exact) mass is 192 g/mol. The normalized spacial score (nSPS) is 26.4. The van der Waals surface area contributed by atoms with E-state index in [1.165, 1.54) is 12.4 Å². The molecule has 0 aliphatic carbocycles. The van der Waals surface area contributed by atoms with Crippen LogP contribution in [-0.4, -0.2) is 22.9 Å². The Kier molecular flexibility index (Phi) is 2.29. The lowest BCUT2D eigenvalue weighted by Gasteiger charge is -2.20. The van der Waals surface area contributed by atoms with Crippen molar-refractivity contribution in [1.29, 1.82) is 0 Å². The molecule has 4 nitrogen and oxygen atoms in total. The summed E-state index contributed by atoms with van der Waals surface area (Å²) >= 11 is 0. The molecule has 2 rings (SSSR count). The zero-order valence-corrected chi connectivity index (χ0v) is 8.06. The van der Waals surface area contributed by atoms with Gasteiger partial charge < -0.3 is 4.74 Å². The van der Waals surface area contributed by atoms with Crippen LogP contribution in [0.25, 0.3) is 0 Å². The van der Waals surface area contributed by atoms with Gasteiger partial charge in [0.25, 0.3) is 0 Å². The highest BCUT2D eigenvalue weighted by molar-refractivity contribution is 5.73. The van der Waals surface area contributed by atoms with Gasteiger partial charge in [0.1, 0.15) is 5.60 Å². The average Bonchev–Trinajstić information content (AvgIpc) is 2.67. The lowest BCUT2D eigenvalue weighted by atomic mass is 10.0. The molecule has 4 heteroatoms. The second-order valence-electron chi connectivity index (χ2n) is 3.64. The molecular formula is C10H12N2O2. The standard InChI is InChI=1S/C10H12N2O2/c1-10(3-2-4-14-10)9-11-5-8(7-13)6-12-9/h5-7H,2-4H2,1H3. The van der Waals surface area contributed by atoms with Crippen LogP contribution < -0.4 is 0 Å². The molecule has 1 fully saturated rings. The van der Waals surface area contributed by atoms with Crippen LogP contribution >= 0.6 is 0 Å². The molecule has 2 heterocycles. The molecule has 0 saturated carbocycles. The summed E-state index contributed by atoms with van der Waals surface area (Å²) in [7, 11) is 0. The number of hydrogen-bond acceptors (Lipinski definition) is 4. The number of hydrogen-bond donors (Lipinski definition) is 0. The van der Waals surface area contributed by atoms with Gasteiger partial charge in [-0.1, -0.05) is 0 Å². The van der Waals surface area contributed by atoms with E-state index in [9.17, 15) is 4.79 Å². The smallest absolute Gasteiger partial charge is 0.159 e. The summed E-state index contributed by atoms with van der Waals surface area (Å²) in [6.07, 6.45) is 5.77. The summed E-state index contributed by atoms with van der Waals surface area (Å²) in [5.41, 5.74) is 0.136. The second kappa shape index (κ2) is 3.46. The number of carbonyl (C=O) groups excluding carboxylic acids is 1. The third-order valence-electron chi connectivity index (χ3n) is 2.50. The van der Waals surface area contributed by atoms with Crippen LogP contribution in [0.4, 0.5) is 0 Å². The zero-order chi connectivity index (χ0) is 10.0. The van der Waals surface area contributed by atoms with Crippen molar-refractivity contribution in [1.82, 2.24) is 9.97 Å². The van der Waals surface area contributed by atoms with Gasteiger partial charge in [0.15, 0.2) is 12.1 Å². The molecule has 1 aliphatic rings. The van der Waals surface area contributed by atoms with Crippen LogP contribution in [0.15, 0.2) is 12.4 Å². The molecule has 1 aromatic heterocycles. The predicted octanol–water partition coefficient (Wildman–Crippen LogP) is 1.31. The van der Waals surface area contributed by atoms with Gasteiger partial charge in [-0.15, -0.1) is 0 Å². The van der Waals surface area contributed by atoms with Crippen molar-refractivity contribution in [3.05, 3.63) is 23.8 Å². The highest BCUT2D eigenvalue weighted by atomic mass is 16.5. The van der Waals surface area contributed by atoms with E-state index in [4.69, 9.17) is 4.74 Å². The highest BCUT2D eigenvalue weighted by Gasteiger charge is 2.34. The minimum absolute atomic E-state index is 0.360. The lowest BCUT2D eigenvalue weighted by Crippen LogP contribution is -2.23. The van der Waals surface area contributed by atoms with E-state index in [1.54, 1.807) is 0 Å². The molecule has 0 aromatic carbocycles. The third kappa shape index (κ3) is 1.53. The van der Waals surface area contributed by atoms with E-state index in [0.717, 1.165) is 25.7 Å². The summed E-state index contributed by atoms with van der Waals surface area (Å²) in [5.74, 6) is 0.667. The van der Waals surface area contributed by atoms with Crippen molar-refractivity contribution in [2.24, 2.45) is 0 Å². The minimum atomic E-state index is -0.360. The summed E-state index contributed by atoms with van der Waals surface area (Å²) < 4.78 is 5.59. The van der Waals surface area contributed by atoms with Gasteiger partial charge in [-0.3, -0.25) is 4.79 Å². The maximum absolute atomic E-state index is 10.4. The molecule has 14 heavy (non-hydrogen) atoms. The van der Waals surface area contributed by atoms with Crippen molar-refractivity contribution in [2.75, 3.05) is 6.61 Å². The van der Waals surface area contributed by atoms with E-state index in [1.807, 2.05) is 6.92 Å². The number of rotatable bonds is 2. The maximum Gasteiger partial charge on any atom is 0.159 e. The van der Waals surface area contributed by atoms with Gasteiger partial charge in [0, 0.05) is 19.0 Å². The first-order valence-corrected chi connectivity index (χ1v) is 4.66. The van der Waals surface area contributed by atoms with Crippen LogP contribution in [0.2, 0.25) is 0 Å². The Morgan fingerprint density at radius 1 is 1.50 bits per heavy atom. The third-order valence-corrected chi connectivity index (χ3v) is 2.50. The second-order valence-corrected chi connectivity index (χ2v) is 3.64. The largest absolute Gasteiger partial charge is 0.367 e. The van der Waals surface area contributed by atoms with Gasteiger partial charge in [0.2, 0.25) is 0 Å². The van der Waals surface area contributed by atoms with Crippen LogP contribution in [-0.2, 0) is 10.3 Å². The molecule has 0 amide bonds. The number of nitrogens with zero attached hydrogens (tertiary/aromatic N) is 2. The predicted molar refractivity (Wildman–Crippen MR) is 50.0 cm³/mol. The Labute approximate surface area is 82.3 Å². The molecule has 1 aliphatic heterocycles. The molecule has 0 radical (unpaired) electrons. The number of carbonyl (C=O) groups is 1. The molecule has 1 saturated heterocycles. The van der Waals surface area contributed by atoms with Gasteiger partial charge in [-0.25, -0.2) is 9.97 Å². The Hall–Kier alpha value is -1.29. The maximum atomic E-state index is 10.4. The first-order chi connectivity index (χ1) is 6.74. The number of aromatic nitrogens is 2. The molecule has 1 aromatic rings. The van der Waals surface area contributed by atoms with E-state index < -0.39 is 0 Å². The van der Waals surface area contributed by atoms with Gasteiger partial charge in [-0.2, -0.15) is 0 Å². The highest BCUT2D eigenvalue weighted by Crippen LogP contribution is 2.32. The van der Waals surface area contributed by atoms with Crippen molar-refractivity contribution >= 4 is 6.29 Å². The number of ether oxygens (including phenoxy) is 1. The zero-order valence-electron chi connectivity index (χ0n) is 8.06.